The molecule has 4 heteroatoms. The molecule has 2 rings (SSSR count). The molecule has 0 spiro atoms. The summed E-state index contributed by atoms with van der Waals surface area (Å²) >= 11 is 5.98. The zero-order valence-corrected chi connectivity index (χ0v) is 8.98. The standard InChI is InChI=1S/C12H7ClN2O/c13-10-5-1-2-6-11(10)15-7-3-4-9(8-14)12(15)16/h1-7H. The fourth-order valence-corrected chi connectivity index (χ4v) is 1.64. The van der Waals surface area contributed by atoms with Crippen LogP contribution in [0.4, 0.5) is 0 Å². The summed E-state index contributed by atoms with van der Waals surface area (Å²) in [4.78, 5) is 11.8. The zero-order valence-electron chi connectivity index (χ0n) is 8.22. The SMILES string of the molecule is N#Cc1cccn(-c2ccccc2Cl)c1=O. The summed E-state index contributed by atoms with van der Waals surface area (Å²) in [6.07, 6.45) is 1.59. The van der Waals surface area contributed by atoms with Crippen LogP contribution in [-0.4, -0.2) is 4.57 Å². The third kappa shape index (κ3) is 1.71. The van der Waals surface area contributed by atoms with E-state index in [1.165, 1.54) is 10.6 Å². The number of nitrogens with zero attached hydrogens (tertiary/aromatic N) is 2. The lowest BCUT2D eigenvalue weighted by Gasteiger charge is -2.06. The molecular formula is C12H7ClN2O. The van der Waals surface area contributed by atoms with Crippen LogP contribution in [0.1, 0.15) is 5.56 Å². The number of hydrogen-bond acceptors (Lipinski definition) is 2. The van der Waals surface area contributed by atoms with Crippen molar-refractivity contribution in [1.82, 2.24) is 4.57 Å². The van der Waals surface area contributed by atoms with E-state index in [-0.39, 0.29) is 11.1 Å². The van der Waals surface area contributed by atoms with Gasteiger partial charge in [-0.2, -0.15) is 5.26 Å². The Kier molecular flexibility index (Phi) is 2.76. The van der Waals surface area contributed by atoms with Gasteiger partial charge >= 0.3 is 0 Å². The van der Waals surface area contributed by atoms with Crippen LogP contribution >= 0.6 is 11.6 Å². The number of benzene rings is 1. The van der Waals surface area contributed by atoms with Gasteiger partial charge in [0.05, 0.1) is 10.7 Å². The average molecular weight is 231 g/mol. The van der Waals surface area contributed by atoms with Crippen LogP contribution in [0.5, 0.6) is 0 Å². The summed E-state index contributed by atoms with van der Waals surface area (Å²) in [5.74, 6) is 0. The molecule has 0 aliphatic carbocycles. The van der Waals surface area contributed by atoms with Crippen LogP contribution in [0.15, 0.2) is 47.4 Å². The molecule has 0 atom stereocenters. The van der Waals surface area contributed by atoms with Crippen molar-refractivity contribution in [3.63, 3.8) is 0 Å². The Morgan fingerprint density at radius 1 is 1.19 bits per heavy atom. The van der Waals surface area contributed by atoms with Crippen LogP contribution in [0.3, 0.4) is 0 Å². The molecule has 0 fully saturated rings. The molecule has 0 aliphatic heterocycles. The van der Waals surface area contributed by atoms with Gasteiger partial charge in [-0.05, 0) is 24.3 Å². The first-order valence-corrected chi connectivity index (χ1v) is 4.98. The van der Waals surface area contributed by atoms with Gasteiger partial charge in [0.25, 0.3) is 5.56 Å². The maximum Gasteiger partial charge on any atom is 0.273 e. The lowest BCUT2D eigenvalue weighted by atomic mass is 10.2. The third-order valence-corrected chi connectivity index (χ3v) is 2.50. The third-order valence-electron chi connectivity index (χ3n) is 2.18. The minimum atomic E-state index is -0.363. The van der Waals surface area contributed by atoms with E-state index < -0.39 is 0 Å². The van der Waals surface area contributed by atoms with E-state index in [9.17, 15) is 4.79 Å². The van der Waals surface area contributed by atoms with E-state index in [4.69, 9.17) is 16.9 Å². The summed E-state index contributed by atoms with van der Waals surface area (Å²) in [6, 6.07) is 12.0. The van der Waals surface area contributed by atoms with Gasteiger partial charge in [-0.15, -0.1) is 0 Å². The summed E-state index contributed by atoms with van der Waals surface area (Å²) < 4.78 is 1.36. The second kappa shape index (κ2) is 4.21. The topological polar surface area (TPSA) is 45.8 Å². The molecule has 0 saturated heterocycles. The van der Waals surface area contributed by atoms with E-state index in [2.05, 4.69) is 0 Å². The quantitative estimate of drug-likeness (QED) is 0.755. The fourth-order valence-electron chi connectivity index (χ4n) is 1.42. The highest BCUT2D eigenvalue weighted by atomic mass is 35.5. The molecule has 0 N–H and O–H groups in total. The Labute approximate surface area is 97.1 Å². The molecule has 0 aliphatic rings. The van der Waals surface area contributed by atoms with Gasteiger partial charge in [-0.1, -0.05) is 23.7 Å². The Morgan fingerprint density at radius 2 is 1.94 bits per heavy atom. The normalized spacial score (nSPS) is 9.75. The molecule has 3 nitrogen and oxygen atoms in total. The van der Waals surface area contributed by atoms with Gasteiger partial charge in [0.1, 0.15) is 11.6 Å². The van der Waals surface area contributed by atoms with Crippen LogP contribution < -0.4 is 5.56 Å². The first-order chi connectivity index (χ1) is 7.74. The van der Waals surface area contributed by atoms with E-state index in [1.54, 1.807) is 36.5 Å². The predicted octanol–water partition coefficient (Wildman–Crippen LogP) is 2.36. The first-order valence-electron chi connectivity index (χ1n) is 4.60. The fraction of sp³-hybridized carbons (Fsp3) is 0. The average Bonchev–Trinajstić information content (AvgIpc) is 2.31. The van der Waals surface area contributed by atoms with E-state index in [1.807, 2.05) is 6.07 Å². The van der Waals surface area contributed by atoms with Gasteiger partial charge in [0.2, 0.25) is 0 Å². The largest absolute Gasteiger partial charge is 0.282 e. The van der Waals surface area contributed by atoms with Gasteiger partial charge in [-0.25, -0.2) is 0 Å². The number of halogens is 1. The molecule has 1 heterocycles. The number of rotatable bonds is 1. The number of pyridine rings is 1. The minimum absolute atomic E-state index is 0.0995. The van der Waals surface area contributed by atoms with E-state index >= 15 is 0 Å². The Bertz CT molecular complexity index is 625. The smallest absolute Gasteiger partial charge is 0.273 e. The maximum atomic E-state index is 11.8. The highest BCUT2D eigenvalue weighted by Crippen LogP contribution is 2.17. The van der Waals surface area contributed by atoms with Crippen LogP contribution in [0, 0.1) is 11.3 Å². The summed E-state index contributed by atoms with van der Waals surface area (Å²) in [5, 5.41) is 9.23. The Morgan fingerprint density at radius 3 is 2.62 bits per heavy atom. The number of hydrogen-bond donors (Lipinski definition) is 0. The Balaban J connectivity index is 2.72. The van der Waals surface area contributed by atoms with Crippen molar-refractivity contribution in [2.45, 2.75) is 0 Å². The summed E-state index contributed by atoms with van der Waals surface area (Å²) in [7, 11) is 0. The Hall–Kier alpha value is -2.05. The number of para-hydroxylation sites is 1. The van der Waals surface area contributed by atoms with Crippen molar-refractivity contribution in [2.24, 2.45) is 0 Å². The lowest BCUT2D eigenvalue weighted by molar-refractivity contribution is 0.982. The van der Waals surface area contributed by atoms with Crippen LogP contribution in [-0.2, 0) is 0 Å². The molecule has 0 bridgehead atoms. The van der Waals surface area contributed by atoms with E-state index in [0.29, 0.717) is 10.7 Å². The molecule has 0 unspecified atom stereocenters. The number of nitriles is 1. The van der Waals surface area contributed by atoms with Gasteiger partial charge in [-0.3, -0.25) is 9.36 Å². The predicted molar refractivity (Wildman–Crippen MR) is 61.8 cm³/mol. The molecule has 0 saturated carbocycles. The summed E-state index contributed by atoms with van der Waals surface area (Å²) in [6.45, 7) is 0. The highest BCUT2D eigenvalue weighted by molar-refractivity contribution is 6.32. The molecule has 0 radical (unpaired) electrons. The van der Waals surface area contributed by atoms with Crippen LogP contribution in [0.25, 0.3) is 5.69 Å². The van der Waals surface area contributed by atoms with Crippen LogP contribution in [0.2, 0.25) is 5.02 Å². The van der Waals surface area contributed by atoms with Gasteiger partial charge in [0.15, 0.2) is 0 Å². The molecule has 1 aromatic heterocycles. The van der Waals surface area contributed by atoms with Crippen molar-refractivity contribution in [2.75, 3.05) is 0 Å². The maximum absolute atomic E-state index is 11.8. The molecule has 78 valence electrons. The number of aromatic nitrogens is 1. The second-order valence-electron chi connectivity index (χ2n) is 3.16. The highest BCUT2D eigenvalue weighted by Gasteiger charge is 2.06. The second-order valence-corrected chi connectivity index (χ2v) is 3.57. The van der Waals surface area contributed by atoms with Crippen molar-refractivity contribution in [1.29, 1.82) is 5.26 Å². The van der Waals surface area contributed by atoms with Crippen molar-refractivity contribution >= 4 is 11.6 Å². The summed E-state index contributed by atoms with van der Waals surface area (Å²) in [5.41, 5.74) is 0.312. The van der Waals surface area contributed by atoms with Crippen molar-refractivity contribution < 1.29 is 0 Å². The van der Waals surface area contributed by atoms with Gasteiger partial charge < -0.3 is 0 Å². The van der Waals surface area contributed by atoms with Crippen molar-refractivity contribution in [3.8, 4) is 11.8 Å². The monoisotopic (exact) mass is 230 g/mol. The zero-order chi connectivity index (χ0) is 11.5. The molecule has 1 aromatic carbocycles. The molecule has 0 amide bonds. The first kappa shape index (κ1) is 10.5. The van der Waals surface area contributed by atoms with Gasteiger partial charge in [0, 0.05) is 6.20 Å². The molecular weight excluding hydrogens is 224 g/mol. The lowest BCUT2D eigenvalue weighted by Crippen LogP contribution is -2.20. The van der Waals surface area contributed by atoms with Crippen molar-refractivity contribution in [3.05, 3.63) is 63.5 Å². The molecule has 16 heavy (non-hydrogen) atoms. The molecule has 2 aromatic rings. The minimum Gasteiger partial charge on any atom is -0.282 e. The van der Waals surface area contributed by atoms with E-state index in [0.717, 1.165) is 0 Å².